The number of fused-ring (bicyclic) bond motifs is 3. The van der Waals surface area contributed by atoms with Crippen molar-refractivity contribution in [1.29, 1.82) is 0 Å². The van der Waals surface area contributed by atoms with Crippen LogP contribution in [0.3, 0.4) is 0 Å². The standard InChI is InChI=1S/C60H43N3/c1-7-22-44(23-8-1)46-38-48(42-53(39-46)61(49-26-11-3-12-27-49)50-28-13-4-14-29-50)56-35-21-37-59-60(56)57-34-19-20-36-58(57)63(59)55-41-47(45-24-9-2-10-25-45)40-54(43-55)62(51-30-15-5-16-31-51)52-32-17-6-18-33-52/h1-43H. The topological polar surface area (TPSA) is 11.4 Å². The summed E-state index contributed by atoms with van der Waals surface area (Å²) in [7, 11) is 0. The molecule has 298 valence electrons. The quantitative estimate of drug-likeness (QED) is 0.136. The fraction of sp³-hybridized carbons (Fsp3) is 0. The molecule has 0 amide bonds. The van der Waals surface area contributed by atoms with Crippen LogP contribution in [0, 0.1) is 0 Å². The fourth-order valence-electron chi connectivity index (χ4n) is 9.08. The van der Waals surface area contributed by atoms with E-state index in [0.717, 1.165) is 73.1 Å². The van der Waals surface area contributed by atoms with E-state index in [0.29, 0.717) is 0 Å². The highest BCUT2D eigenvalue weighted by Crippen LogP contribution is 2.45. The van der Waals surface area contributed by atoms with Crippen LogP contribution < -0.4 is 9.80 Å². The van der Waals surface area contributed by atoms with Crippen molar-refractivity contribution in [3.63, 3.8) is 0 Å². The van der Waals surface area contributed by atoms with Crippen LogP contribution in [-0.4, -0.2) is 4.57 Å². The summed E-state index contributed by atoms with van der Waals surface area (Å²) in [6.07, 6.45) is 0. The van der Waals surface area contributed by atoms with Gasteiger partial charge in [0.15, 0.2) is 0 Å². The summed E-state index contributed by atoms with van der Waals surface area (Å²) in [4.78, 5) is 4.72. The molecule has 3 heteroatoms. The lowest BCUT2D eigenvalue weighted by Gasteiger charge is -2.27. The molecule has 0 aliphatic carbocycles. The zero-order valence-electron chi connectivity index (χ0n) is 34.7. The summed E-state index contributed by atoms with van der Waals surface area (Å²) < 4.78 is 2.46. The molecular formula is C60H43N3. The normalized spacial score (nSPS) is 11.2. The van der Waals surface area contributed by atoms with E-state index in [9.17, 15) is 0 Å². The molecule has 0 atom stereocenters. The third-order valence-electron chi connectivity index (χ3n) is 11.9. The largest absolute Gasteiger partial charge is 0.310 e. The first-order valence-corrected chi connectivity index (χ1v) is 21.5. The number of hydrogen-bond acceptors (Lipinski definition) is 2. The van der Waals surface area contributed by atoms with Gasteiger partial charge in [0.2, 0.25) is 0 Å². The number of para-hydroxylation sites is 5. The molecule has 0 saturated heterocycles. The molecule has 0 bridgehead atoms. The van der Waals surface area contributed by atoms with Crippen LogP contribution in [-0.2, 0) is 0 Å². The van der Waals surface area contributed by atoms with E-state index in [1.54, 1.807) is 0 Å². The SMILES string of the molecule is c1ccc(-c2cc(-c3cccc4c3c3ccccc3n4-c3cc(-c4ccccc4)cc(N(c4ccccc4)c4ccccc4)c3)cc(N(c3ccccc3)c3ccccc3)c2)cc1. The second-order valence-corrected chi connectivity index (χ2v) is 15.8. The number of nitrogens with zero attached hydrogens (tertiary/aromatic N) is 3. The lowest BCUT2D eigenvalue weighted by atomic mass is 9.94. The van der Waals surface area contributed by atoms with E-state index in [2.05, 4.69) is 275 Å². The highest BCUT2D eigenvalue weighted by molar-refractivity contribution is 6.16. The Morgan fingerprint density at radius 1 is 0.254 bits per heavy atom. The minimum absolute atomic E-state index is 1.08. The van der Waals surface area contributed by atoms with E-state index in [1.807, 2.05) is 0 Å². The molecule has 0 spiro atoms. The van der Waals surface area contributed by atoms with Gasteiger partial charge in [-0.15, -0.1) is 0 Å². The average molecular weight is 806 g/mol. The molecule has 0 radical (unpaired) electrons. The predicted molar refractivity (Wildman–Crippen MR) is 266 cm³/mol. The predicted octanol–water partition coefficient (Wildman–Crippen LogP) is 16.7. The Bertz CT molecular complexity index is 3230. The number of benzene rings is 10. The van der Waals surface area contributed by atoms with Crippen molar-refractivity contribution in [2.24, 2.45) is 0 Å². The summed E-state index contributed by atoms with van der Waals surface area (Å²) in [6, 6.07) is 93.8. The third-order valence-corrected chi connectivity index (χ3v) is 11.9. The van der Waals surface area contributed by atoms with Crippen molar-refractivity contribution in [3.05, 3.63) is 261 Å². The molecule has 0 fully saturated rings. The molecule has 0 N–H and O–H groups in total. The first-order chi connectivity index (χ1) is 31.3. The van der Waals surface area contributed by atoms with Gasteiger partial charge in [0.05, 0.1) is 11.0 Å². The van der Waals surface area contributed by atoms with Gasteiger partial charge >= 0.3 is 0 Å². The molecule has 0 aliphatic rings. The minimum Gasteiger partial charge on any atom is -0.310 e. The van der Waals surface area contributed by atoms with E-state index < -0.39 is 0 Å². The van der Waals surface area contributed by atoms with Crippen LogP contribution in [0.25, 0.3) is 60.9 Å². The summed E-state index contributed by atoms with van der Waals surface area (Å²) in [5.41, 5.74) is 16.9. The highest BCUT2D eigenvalue weighted by atomic mass is 15.1. The molecule has 0 aliphatic heterocycles. The van der Waals surface area contributed by atoms with Crippen LogP contribution in [0.15, 0.2) is 261 Å². The Labute approximate surface area is 368 Å². The van der Waals surface area contributed by atoms with Gasteiger partial charge in [0.25, 0.3) is 0 Å². The van der Waals surface area contributed by atoms with Crippen LogP contribution >= 0.6 is 0 Å². The van der Waals surface area contributed by atoms with Crippen molar-refractivity contribution in [1.82, 2.24) is 4.57 Å². The Balaban J connectivity index is 1.17. The van der Waals surface area contributed by atoms with Crippen LogP contribution in [0.4, 0.5) is 34.1 Å². The minimum atomic E-state index is 1.08. The summed E-state index contributed by atoms with van der Waals surface area (Å²) >= 11 is 0. The molecule has 0 unspecified atom stereocenters. The molecule has 1 aromatic heterocycles. The van der Waals surface area contributed by atoms with Crippen molar-refractivity contribution in [3.8, 4) is 39.1 Å². The second-order valence-electron chi connectivity index (χ2n) is 15.8. The molecule has 63 heavy (non-hydrogen) atoms. The first-order valence-electron chi connectivity index (χ1n) is 21.5. The fourth-order valence-corrected chi connectivity index (χ4v) is 9.08. The summed E-state index contributed by atoms with van der Waals surface area (Å²) in [5, 5.41) is 2.41. The number of rotatable bonds is 10. The molecule has 10 aromatic carbocycles. The average Bonchev–Trinajstić information content (AvgIpc) is 3.71. The Kier molecular flexibility index (Phi) is 9.89. The van der Waals surface area contributed by atoms with Gasteiger partial charge < -0.3 is 14.4 Å². The lowest BCUT2D eigenvalue weighted by Crippen LogP contribution is -2.10. The van der Waals surface area contributed by atoms with Crippen LogP contribution in [0.2, 0.25) is 0 Å². The van der Waals surface area contributed by atoms with Crippen molar-refractivity contribution >= 4 is 55.9 Å². The van der Waals surface area contributed by atoms with E-state index in [-0.39, 0.29) is 0 Å². The van der Waals surface area contributed by atoms with Gasteiger partial charge in [0, 0.05) is 50.6 Å². The molecule has 1 heterocycles. The van der Waals surface area contributed by atoms with E-state index >= 15 is 0 Å². The van der Waals surface area contributed by atoms with Gasteiger partial charge in [-0.2, -0.15) is 0 Å². The Morgan fingerprint density at radius 2 is 0.651 bits per heavy atom. The third kappa shape index (κ3) is 7.22. The van der Waals surface area contributed by atoms with Crippen molar-refractivity contribution in [2.75, 3.05) is 9.80 Å². The molecule has 0 saturated carbocycles. The number of anilines is 6. The van der Waals surface area contributed by atoms with Gasteiger partial charge in [-0.05, 0) is 130 Å². The monoisotopic (exact) mass is 805 g/mol. The van der Waals surface area contributed by atoms with Gasteiger partial charge in [-0.3, -0.25) is 0 Å². The Hall–Kier alpha value is -8.40. The molecular weight excluding hydrogens is 763 g/mol. The Morgan fingerprint density at radius 3 is 1.16 bits per heavy atom. The maximum atomic E-state index is 2.46. The first kappa shape index (κ1) is 37.6. The van der Waals surface area contributed by atoms with Crippen molar-refractivity contribution in [2.45, 2.75) is 0 Å². The zero-order valence-corrected chi connectivity index (χ0v) is 34.7. The summed E-state index contributed by atoms with van der Waals surface area (Å²) in [6.45, 7) is 0. The number of hydrogen-bond donors (Lipinski definition) is 0. The van der Waals surface area contributed by atoms with Gasteiger partial charge in [-0.25, -0.2) is 0 Å². The number of aromatic nitrogens is 1. The lowest BCUT2D eigenvalue weighted by molar-refractivity contribution is 1.17. The van der Waals surface area contributed by atoms with Gasteiger partial charge in [0.1, 0.15) is 0 Å². The highest BCUT2D eigenvalue weighted by Gasteiger charge is 2.22. The maximum absolute atomic E-state index is 2.46. The van der Waals surface area contributed by atoms with E-state index in [1.165, 1.54) is 21.9 Å². The summed E-state index contributed by atoms with van der Waals surface area (Å²) in [5.74, 6) is 0. The van der Waals surface area contributed by atoms with Crippen LogP contribution in [0.5, 0.6) is 0 Å². The molecule has 11 aromatic rings. The second kappa shape index (κ2) is 16.6. The molecule has 3 nitrogen and oxygen atoms in total. The van der Waals surface area contributed by atoms with Crippen LogP contribution in [0.1, 0.15) is 0 Å². The van der Waals surface area contributed by atoms with E-state index in [4.69, 9.17) is 0 Å². The van der Waals surface area contributed by atoms with Gasteiger partial charge in [-0.1, -0.05) is 164 Å². The zero-order chi connectivity index (χ0) is 42.0. The van der Waals surface area contributed by atoms with Crippen molar-refractivity contribution < 1.29 is 0 Å². The molecule has 11 rings (SSSR count). The maximum Gasteiger partial charge on any atom is 0.0547 e. The smallest absolute Gasteiger partial charge is 0.0547 e.